The van der Waals surface area contributed by atoms with E-state index in [1.165, 1.54) is 44.5 Å². The van der Waals surface area contributed by atoms with E-state index in [2.05, 4.69) is 98.8 Å². The molecule has 9 nitrogen and oxygen atoms in total. The maximum absolute atomic E-state index is 11.8. The summed E-state index contributed by atoms with van der Waals surface area (Å²) < 4.78 is 29.4. The molecular weight excluding hydrogens is 803 g/mol. The molecule has 0 bridgehead atoms. The van der Waals surface area contributed by atoms with Crippen molar-refractivity contribution in [1.82, 2.24) is 4.90 Å². The number of hydrogen-bond donors (Lipinski definition) is 1. The predicted molar refractivity (Wildman–Crippen MR) is 250 cm³/mol. The summed E-state index contributed by atoms with van der Waals surface area (Å²) in [6.45, 7) is 7.13. The van der Waals surface area contributed by atoms with Gasteiger partial charge in [0.05, 0.1) is 33.0 Å². The summed E-state index contributed by atoms with van der Waals surface area (Å²) in [7, 11) is 3.27. The molecule has 2 aliphatic carbocycles. The predicted octanol–water partition coefficient (Wildman–Crippen LogP) is 10.6. The molecule has 0 radical (unpaired) electrons. The number of carboxylic acids is 1. The van der Waals surface area contributed by atoms with Crippen molar-refractivity contribution in [1.29, 1.82) is 0 Å². The number of hydrogen-bond acceptors (Lipinski definition) is 8. The van der Waals surface area contributed by atoms with E-state index in [9.17, 15) is 14.7 Å². The molecule has 330 valence electrons. The van der Waals surface area contributed by atoms with Crippen molar-refractivity contribution < 1.29 is 38.4 Å². The fourth-order valence-electron chi connectivity index (χ4n) is 9.56. The Morgan fingerprint density at radius 1 is 0.672 bits per heavy atom. The summed E-state index contributed by atoms with van der Waals surface area (Å²) in [5, 5.41) is 9.67. The molecule has 1 fully saturated rings. The molecule has 9 heteroatoms. The van der Waals surface area contributed by atoms with E-state index in [4.69, 9.17) is 23.7 Å². The summed E-state index contributed by atoms with van der Waals surface area (Å²) in [5.41, 5.74) is 16.1. The van der Waals surface area contributed by atoms with Crippen molar-refractivity contribution in [2.75, 3.05) is 34.0 Å². The Kier molecular flexibility index (Phi) is 14.1. The number of rotatable bonds is 14. The standard InChI is InChI=1S/C30H33NO5.C25H24O3/c1-20-22(10-6-11-23(20)21-8-4-3-5-9-21)18-36-29-16-28(34-2)26(24-12-7-13-25(24)29)17-31-14-15-35-19-27(31)30(32)33;1-17-19(10-6-11-20(17)18-8-4-3-5-9-18)16-28-25-14-24(27-2)23(15-26)21-12-7-13-22(21)25/h3-6,8-11,16,27H,7,12-15,17-19H2,1-2H3,(H,32,33);3-6,8-11,14-15H,7,12-13,16H2,1-2H3/t27-;/m0./s1. The lowest BCUT2D eigenvalue weighted by Gasteiger charge is -2.33. The van der Waals surface area contributed by atoms with Crippen LogP contribution in [0.1, 0.15) is 73.3 Å². The normalized spacial score (nSPS) is 15.3. The summed E-state index contributed by atoms with van der Waals surface area (Å²) in [6, 6.07) is 36.7. The Morgan fingerprint density at radius 3 is 1.72 bits per heavy atom. The molecule has 3 aliphatic rings. The van der Waals surface area contributed by atoms with Gasteiger partial charge in [-0.3, -0.25) is 14.5 Å². The highest BCUT2D eigenvalue weighted by molar-refractivity contribution is 5.84. The molecule has 0 spiro atoms. The van der Waals surface area contributed by atoms with E-state index in [0.29, 0.717) is 44.2 Å². The Hall–Kier alpha value is -6.42. The first-order chi connectivity index (χ1) is 31.3. The van der Waals surface area contributed by atoms with Crippen LogP contribution in [0.3, 0.4) is 0 Å². The van der Waals surface area contributed by atoms with E-state index >= 15 is 0 Å². The number of aliphatic carboxylic acids is 1. The second-order valence-electron chi connectivity index (χ2n) is 16.7. The largest absolute Gasteiger partial charge is 0.496 e. The average Bonchev–Trinajstić information content (AvgIpc) is 4.04. The van der Waals surface area contributed by atoms with Gasteiger partial charge < -0.3 is 28.8 Å². The summed E-state index contributed by atoms with van der Waals surface area (Å²) in [6.07, 6.45) is 6.75. The zero-order valence-corrected chi connectivity index (χ0v) is 37.3. The first kappa shape index (κ1) is 44.2. The molecule has 1 saturated heterocycles. The third kappa shape index (κ3) is 9.42. The van der Waals surface area contributed by atoms with Crippen molar-refractivity contribution in [3.63, 3.8) is 0 Å². The van der Waals surface area contributed by atoms with Crippen LogP contribution in [0.15, 0.2) is 109 Å². The SMILES string of the molecule is COc1cc(OCc2cccc(-c3ccccc3)c2C)c2c(c1C=O)CCC2.COc1cc(OCc2cccc(-c3ccccc3)c2C)c2c(c1CN1CCOC[C@H]1C(=O)O)CCC2. The topological polar surface area (TPSA) is 104 Å². The molecule has 9 rings (SSSR count). The van der Waals surface area contributed by atoms with Gasteiger partial charge in [-0.05, 0) is 119 Å². The van der Waals surface area contributed by atoms with Crippen LogP contribution in [-0.4, -0.2) is 62.3 Å². The number of fused-ring (bicyclic) bond motifs is 2. The number of morpholine rings is 1. The maximum atomic E-state index is 11.8. The van der Waals surface area contributed by atoms with E-state index in [0.717, 1.165) is 89.9 Å². The number of carboxylic acid groups (broad SMARTS) is 1. The van der Waals surface area contributed by atoms with Crippen LogP contribution in [0, 0.1) is 13.8 Å². The number of aldehydes is 1. The van der Waals surface area contributed by atoms with Gasteiger partial charge in [-0.1, -0.05) is 97.1 Å². The highest BCUT2D eigenvalue weighted by Gasteiger charge is 2.32. The van der Waals surface area contributed by atoms with Crippen LogP contribution in [0.4, 0.5) is 0 Å². The molecule has 6 aromatic rings. The molecule has 1 atom stereocenters. The zero-order valence-electron chi connectivity index (χ0n) is 37.3. The highest BCUT2D eigenvalue weighted by Crippen LogP contribution is 2.42. The summed E-state index contributed by atoms with van der Waals surface area (Å²) in [4.78, 5) is 25.3. The third-order valence-corrected chi connectivity index (χ3v) is 13.1. The van der Waals surface area contributed by atoms with Crippen LogP contribution in [-0.2, 0) is 55.0 Å². The number of carbonyl (C=O) groups is 2. The van der Waals surface area contributed by atoms with E-state index in [1.807, 2.05) is 29.2 Å². The number of ether oxygens (including phenoxy) is 5. The van der Waals surface area contributed by atoms with Crippen molar-refractivity contribution in [2.45, 2.75) is 78.2 Å². The number of methoxy groups -OCH3 is 2. The summed E-state index contributed by atoms with van der Waals surface area (Å²) in [5.74, 6) is 2.21. The minimum Gasteiger partial charge on any atom is -0.496 e. The molecule has 1 N–H and O–H groups in total. The lowest BCUT2D eigenvalue weighted by molar-refractivity contribution is -0.150. The third-order valence-electron chi connectivity index (χ3n) is 13.1. The van der Waals surface area contributed by atoms with E-state index in [-0.39, 0.29) is 6.61 Å². The Balaban J connectivity index is 0.000000181. The Bertz CT molecular complexity index is 2610. The molecular formula is C55H57NO8. The minimum absolute atomic E-state index is 0.211. The van der Waals surface area contributed by atoms with Crippen molar-refractivity contribution >= 4 is 12.3 Å². The van der Waals surface area contributed by atoms with Crippen LogP contribution in [0.2, 0.25) is 0 Å². The maximum Gasteiger partial charge on any atom is 0.323 e. The van der Waals surface area contributed by atoms with Gasteiger partial charge in [0.25, 0.3) is 0 Å². The van der Waals surface area contributed by atoms with Gasteiger partial charge in [0, 0.05) is 30.8 Å². The first-order valence-corrected chi connectivity index (χ1v) is 22.3. The van der Waals surface area contributed by atoms with Gasteiger partial charge in [0.15, 0.2) is 6.29 Å². The number of nitrogens with zero attached hydrogens (tertiary/aromatic N) is 1. The Labute approximate surface area is 376 Å². The van der Waals surface area contributed by atoms with E-state index in [1.54, 1.807) is 14.2 Å². The highest BCUT2D eigenvalue weighted by atomic mass is 16.5. The Morgan fingerprint density at radius 2 is 1.19 bits per heavy atom. The second kappa shape index (κ2) is 20.4. The molecule has 0 unspecified atom stereocenters. The van der Waals surface area contributed by atoms with Gasteiger partial charge in [-0.15, -0.1) is 0 Å². The quantitative estimate of drug-likeness (QED) is 0.107. The first-order valence-electron chi connectivity index (χ1n) is 22.3. The fourth-order valence-corrected chi connectivity index (χ4v) is 9.56. The number of benzene rings is 6. The molecule has 0 aromatic heterocycles. The molecule has 1 heterocycles. The molecule has 0 saturated carbocycles. The zero-order chi connectivity index (χ0) is 44.6. The van der Waals surface area contributed by atoms with Gasteiger partial charge in [0.2, 0.25) is 0 Å². The van der Waals surface area contributed by atoms with Crippen LogP contribution in [0.25, 0.3) is 22.3 Å². The van der Waals surface area contributed by atoms with Gasteiger partial charge >= 0.3 is 5.97 Å². The van der Waals surface area contributed by atoms with Crippen LogP contribution >= 0.6 is 0 Å². The molecule has 1 aliphatic heterocycles. The van der Waals surface area contributed by atoms with E-state index < -0.39 is 12.0 Å². The number of carbonyl (C=O) groups excluding carboxylic acids is 1. The second-order valence-corrected chi connectivity index (χ2v) is 16.7. The minimum atomic E-state index is -0.849. The fraction of sp³-hybridized carbons (Fsp3) is 0.309. The molecule has 64 heavy (non-hydrogen) atoms. The monoisotopic (exact) mass is 859 g/mol. The smallest absolute Gasteiger partial charge is 0.323 e. The van der Waals surface area contributed by atoms with Crippen LogP contribution in [0.5, 0.6) is 23.0 Å². The average molecular weight is 860 g/mol. The van der Waals surface area contributed by atoms with Gasteiger partial charge in [0.1, 0.15) is 42.3 Å². The van der Waals surface area contributed by atoms with Gasteiger partial charge in [-0.2, -0.15) is 0 Å². The molecule has 6 aromatic carbocycles. The van der Waals surface area contributed by atoms with Crippen molar-refractivity contribution in [3.8, 4) is 45.3 Å². The van der Waals surface area contributed by atoms with Crippen LogP contribution < -0.4 is 18.9 Å². The van der Waals surface area contributed by atoms with Crippen molar-refractivity contribution in [3.05, 3.63) is 165 Å². The van der Waals surface area contributed by atoms with Gasteiger partial charge in [-0.25, -0.2) is 0 Å². The summed E-state index contributed by atoms with van der Waals surface area (Å²) >= 11 is 0. The molecule has 0 amide bonds. The van der Waals surface area contributed by atoms with Crippen molar-refractivity contribution in [2.24, 2.45) is 0 Å². The lowest BCUT2D eigenvalue weighted by Crippen LogP contribution is -2.49. The lowest BCUT2D eigenvalue weighted by atomic mass is 9.97.